The average molecular weight is 239 g/mol. The van der Waals surface area contributed by atoms with E-state index in [2.05, 4.69) is 20.9 Å². The van der Waals surface area contributed by atoms with Crippen molar-refractivity contribution in [1.82, 2.24) is 4.98 Å². The van der Waals surface area contributed by atoms with Gasteiger partial charge in [-0.2, -0.15) is 0 Å². The van der Waals surface area contributed by atoms with E-state index >= 15 is 0 Å². The van der Waals surface area contributed by atoms with Gasteiger partial charge in [-0.15, -0.1) is 0 Å². The second-order valence-corrected chi connectivity index (χ2v) is 3.60. The maximum atomic E-state index is 10.7. The van der Waals surface area contributed by atoms with Gasteiger partial charge < -0.3 is 14.9 Å². The second kappa shape index (κ2) is 2.88. The van der Waals surface area contributed by atoms with Gasteiger partial charge in [0.25, 0.3) is 0 Å². The number of aromatic nitrogens is 1. The van der Waals surface area contributed by atoms with E-state index in [-0.39, 0.29) is 5.56 Å². The van der Waals surface area contributed by atoms with Gasteiger partial charge in [0, 0.05) is 21.6 Å². The van der Waals surface area contributed by atoms with Gasteiger partial charge in [0.15, 0.2) is 0 Å². The van der Waals surface area contributed by atoms with Crippen molar-refractivity contribution in [3.63, 3.8) is 0 Å². The topological polar surface area (TPSA) is 55.9 Å². The number of carbonyl (C=O) groups excluding carboxylic acids is 1. The smallest absolute Gasteiger partial charge is 0.0736 e. The first kappa shape index (κ1) is 8.31. The molecule has 2 aromatic rings. The Kier molecular flexibility index (Phi) is 1.84. The lowest BCUT2D eigenvalue weighted by Gasteiger charge is -2.04. The van der Waals surface area contributed by atoms with E-state index in [0.29, 0.717) is 5.52 Å². The molecule has 13 heavy (non-hydrogen) atoms. The SMILES string of the molecule is O=C([O-])c1cc(Br)cc2cc[nH]c12. The maximum Gasteiger partial charge on any atom is 0.0736 e. The van der Waals surface area contributed by atoms with Crippen LogP contribution in [0.25, 0.3) is 10.9 Å². The molecule has 4 heteroatoms. The van der Waals surface area contributed by atoms with Gasteiger partial charge in [-0.3, -0.25) is 0 Å². The summed E-state index contributed by atoms with van der Waals surface area (Å²) >= 11 is 3.23. The highest BCUT2D eigenvalue weighted by Crippen LogP contribution is 2.22. The van der Waals surface area contributed by atoms with Gasteiger partial charge in [0.2, 0.25) is 0 Å². The van der Waals surface area contributed by atoms with Crippen LogP contribution < -0.4 is 5.11 Å². The average Bonchev–Trinajstić information content (AvgIpc) is 2.49. The van der Waals surface area contributed by atoms with Crippen LogP contribution in [0.2, 0.25) is 0 Å². The number of carboxylic acids is 1. The molecular weight excluding hydrogens is 234 g/mol. The van der Waals surface area contributed by atoms with E-state index in [9.17, 15) is 9.90 Å². The Labute approximate surface area is 82.5 Å². The van der Waals surface area contributed by atoms with Crippen LogP contribution in [0.15, 0.2) is 28.9 Å². The van der Waals surface area contributed by atoms with Crippen molar-refractivity contribution in [3.8, 4) is 0 Å². The number of rotatable bonds is 1. The summed E-state index contributed by atoms with van der Waals surface area (Å²) in [6.07, 6.45) is 1.70. The highest BCUT2D eigenvalue weighted by atomic mass is 79.9. The van der Waals surface area contributed by atoms with E-state index < -0.39 is 5.97 Å². The van der Waals surface area contributed by atoms with Gasteiger partial charge in [-0.25, -0.2) is 0 Å². The summed E-state index contributed by atoms with van der Waals surface area (Å²) in [6.45, 7) is 0. The number of benzene rings is 1. The molecule has 2 rings (SSSR count). The quantitative estimate of drug-likeness (QED) is 0.815. The van der Waals surface area contributed by atoms with Gasteiger partial charge in [-0.05, 0) is 18.2 Å². The van der Waals surface area contributed by atoms with E-state index in [1.165, 1.54) is 6.07 Å². The van der Waals surface area contributed by atoms with Gasteiger partial charge in [-0.1, -0.05) is 15.9 Å². The Morgan fingerprint density at radius 3 is 2.92 bits per heavy atom. The maximum absolute atomic E-state index is 10.7. The molecule has 0 aliphatic heterocycles. The van der Waals surface area contributed by atoms with Crippen molar-refractivity contribution in [3.05, 3.63) is 34.4 Å². The third kappa shape index (κ3) is 1.33. The van der Waals surface area contributed by atoms with Crippen molar-refractivity contribution >= 4 is 32.8 Å². The minimum Gasteiger partial charge on any atom is -0.545 e. The number of H-pyrrole nitrogens is 1. The molecule has 1 aromatic heterocycles. The predicted octanol–water partition coefficient (Wildman–Crippen LogP) is 1.29. The molecule has 66 valence electrons. The lowest BCUT2D eigenvalue weighted by atomic mass is 10.1. The summed E-state index contributed by atoms with van der Waals surface area (Å²) in [7, 11) is 0. The van der Waals surface area contributed by atoms with E-state index in [0.717, 1.165) is 9.86 Å². The Morgan fingerprint density at radius 1 is 1.46 bits per heavy atom. The van der Waals surface area contributed by atoms with Crippen molar-refractivity contribution in [2.24, 2.45) is 0 Å². The van der Waals surface area contributed by atoms with Crippen LogP contribution in [-0.2, 0) is 0 Å². The van der Waals surface area contributed by atoms with Crippen molar-refractivity contribution in [2.75, 3.05) is 0 Å². The van der Waals surface area contributed by atoms with Crippen LogP contribution in [-0.4, -0.2) is 11.0 Å². The van der Waals surface area contributed by atoms with Crippen LogP contribution >= 0.6 is 15.9 Å². The molecule has 0 saturated carbocycles. The molecule has 1 aromatic carbocycles. The second-order valence-electron chi connectivity index (χ2n) is 2.68. The van der Waals surface area contributed by atoms with Crippen molar-refractivity contribution < 1.29 is 9.90 Å². The fraction of sp³-hybridized carbons (Fsp3) is 0. The number of carboxylic acid groups (broad SMARTS) is 1. The number of carbonyl (C=O) groups is 1. The summed E-state index contributed by atoms with van der Waals surface area (Å²) in [5, 5.41) is 11.6. The molecule has 0 fully saturated rings. The lowest BCUT2D eigenvalue weighted by Crippen LogP contribution is -2.22. The van der Waals surface area contributed by atoms with Gasteiger partial charge in [0.1, 0.15) is 0 Å². The molecular formula is C9H5BrNO2-. The molecule has 0 bridgehead atoms. The zero-order chi connectivity index (χ0) is 9.42. The number of hydrogen-bond acceptors (Lipinski definition) is 2. The normalized spacial score (nSPS) is 10.5. The molecule has 0 radical (unpaired) electrons. The third-order valence-electron chi connectivity index (χ3n) is 1.84. The van der Waals surface area contributed by atoms with E-state index in [4.69, 9.17) is 0 Å². The molecule has 0 atom stereocenters. The molecule has 3 nitrogen and oxygen atoms in total. The first-order valence-electron chi connectivity index (χ1n) is 3.66. The summed E-state index contributed by atoms with van der Waals surface area (Å²) < 4.78 is 0.735. The summed E-state index contributed by atoms with van der Waals surface area (Å²) in [6, 6.07) is 5.18. The summed E-state index contributed by atoms with van der Waals surface area (Å²) in [4.78, 5) is 13.6. The van der Waals surface area contributed by atoms with Crippen LogP contribution in [0.3, 0.4) is 0 Å². The van der Waals surface area contributed by atoms with E-state index in [1.807, 2.05) is 12.1 Å². The van der Waals surface area contributed by atoms with Crippen molar-refractivity contribution in [2.45, 2.75) is 0 Å². The molecule has 0 aliphatic carbocycles. The fourth-order valence-corrected chi connectivity index (χ4v) is 1.77. The minimum absolute atomic E-state index is 0.175. The predicted molar refractivity (Wildman–Crippen MR) is 50.3 cm³/mol. The zero-order valence-electron chi connectivity index (χ0n) is 6.50. The molecule has 1 N–H and O–H groups in total. The largest absolute Gasteiger partial charge is 0.545 e. The first-order valence-corrected chi connectivity index (χ1v) is 4.46. The molecule has 0 unspecified atom stereocenters. The third-order valence-corrected chi connectivity index (χ3v) is 2.30. The highest BCUT2D eigenvalue weighted by molar-refractivity contribution is 9.10. The first-order chi connectivity index (χ1) is 6.18. The number of aromatic carboxylic acids is 1. The van der Waals surface area contributed by atoms with Crippen LogP contribution in [0.5, 0.6) is 0 Å². The number of hydrogen-bond donors (Lipinski definition) is 1. The van der Waals surface area contributed by atoms with Crippen LogP contribution in [0.4, 0.5) is 0 Å². The zero-order valence-corrected chi connectivity index (χ0v) is 8.09. The summed E-state index contributed by atoms with van der Waals surface area (Å²) in [5.74, 6) is -1.17. The highest BCUT2D eigenvalue weighted by Gasteiger charge is 2.04. The van der Waals surface area contributed by atoms with Gasteiger partial charge in [0.05, 0.1) is 11.5 Å². The molecule has 1 heterocycles. The van der Waals surface area contributed by atoms with E-state index in [1.54, 1.807) is 6.20 Å². The number of aromatic amines is 1. The Hall–Kier alpha value is -1.29. The number of fused-ring (bicyclic) bond motifs is 1. The lowest BCUT2D eigenvalue weighted by molar-refractivity contribution is -0.254. The van der Waals surface area contributed by atoms with Crippen molar-refractivity contribution in [1.29, 1.82) is 0 Å². The minimum atomic E-state index is -1.17. The monoisotopic (exact) mass is 238 g/mol. The fourth-order valence-electron chi connectivity index (χ4n) is 1.30. The standard InChI is InChI=1S/C9H6BrNO2/c10-6-3-5-1-2-11-8(5)7(4-6)9(12)13/h1-4,11H,(H,12,13)/p-1. The Morgan fingerprint density at radius 2 is 2.23 bits per heavy atom. The number of halogens is 1. The van der Waals surface area contributed by atoms with Crippen LogP contribution in [0.1, 0.15) is 10.4 Å². The molecule has 0 saturated heterocycles. The molecule has 0 amide bonds. The van der Waals surface area contributed by atoms with Gasteiger partial charge >= 0.3 is 0 Å². The summed E-state index contributed by atoms with van der Waals surface area (Å²) in [5.41, 5.74) is 0.776. The Balaban J connectivity index is 2.84. The number of nitrogens with one attached hydrogen (secondary N) is 1. The molecule has 0 spiro atoms. The van der Waals surface area contributed by atoms with Crippen LogP contribution in [0, 0.1) is 0 Å². The Bertz CT molecular complexity index is 475. The molecule has 0 aliphatic rings.